The third-order valence-electron chi connectivity index (χ3n) is 4.87. The van der Waals surface area contributed by atoms with Crippen molar-refractivity contribution in [2.24, 2.45) is 0 Å². The van der Waals surface area contributed by atoms with Crippen LogP contribution in [0.1, 0.15) is 5.56 Å². The molecule has 0 amide bonds. The van der Waals surface area contributed by atoms with E-state index >= 15 is 0 Å². The van der Waals surface area contributed by atoms with Gasteiger partial charge in [-0.2, -0.15) is 4.98 Å². The lowest BCUT2D eigenvalue weighted by atomic mass is 10.2. The van der Waals surface area contributed by atoms with Gasteiger partial charge in [0.2, 0.25) is 5.95 Å². The first-order chi connectivity index (χ1) is 14.0. The molecule has 29 heavy (non-hydrogen) atoms. The highest BCUT2D eigenvalue weighted by Gasteiger charge is 2.20. The number of hydrogen-bond donors (Lipinski definition) is 1. The first kappa shape index (κ1) is 19.0. The maximum Gasteiger partial charge on any atom is 0.227 e. The third kappa shape index (κ3) is 4.11. The van der Waals surface area contributed by atoms with Crippen molar-refractivity contribution < 1.29 is 13.2 Å². The maximum absolute atomic E-state index is 13.9. The van der Waals surface area contributed by atoms with Gasteiger partial charge in [-0.15, -0.1) is 0 Å². The van der Waals surface area contributed by atoms with E-state index in [9.17, 15) is 13.2 Å². The Morgan fingerprint density at radius 1 is 0.897 bits per heavy atom. The average Bonchev–Trinajstić information content (AvgIpc) is 2.74. The van der Waals surface area contributed by atoms with Crippen LogP contribution in [0.4, 0.5) is 36.3 Å². The quantitative estimate of drug-likeness (QED) is 0.664. The number of hydrogen-bond acceptors (Lipinski definition) is 5. The summed E-state index contributed by atoms with van der Waals surface area (Å²) in [5.74, 6) is -3.22. The molecule has 0 spiro atoms. The van der Waals surface area contributed by atoms with E-state index in [-0.39, 0.29) is 5.69 Å². The first-order valence-electron chi connectivity index (χ1n) is 9.31. The molecule has 150 valence electrons. The zero-order valence-electron chi connectivity index (χ0n) is 15.9. The molecule has 1 aliphatic rings. The van der Waals surface area contributed by atoms with Crippen LogP contribution >= 0.6 is 0 Å². The van der Waals surface area contributed by atoms with Crippen molar-refractivity contribution in [3.05, 3.63) is 71.7 Å². The second-order valence-corrected chi connectivity index (χ2v) is 6.90. The number of aromatic nitrogens is 2. The van der Waals surface area contributed by atoms with Gasteiger partial charge in [-0.05, 0) is 42.8 Å². The molecule has 1 aromatic heterocycles. The molecule has 0 radical (unpaired) electrons. The number of anilines is 4. The summed E-state index contributed by atoms with van der Waals surface area (Å²) in [7, 11) is 0. The summed E-state index contributed by atoms with van der Waals surface area (Å²) in [6, 6.07) is 11.9. The van der Waals surface area contributed by atoms with Crippen molar-refractivity contribution in [3.63, 3.8) is 0 Å². The lowest BCUT2D eigenvalue weighted by Gasteiger charge is -2.36. The summed E-state index contributed by atoms with van der Waals surface area (Å²) in [4.78, 5) is 13.0. The lowest BCUT2D eigenvalue weighted by molar-refractivity contribution is 0.449. The van der Waals surface area contributed by atoms with Crippen molar-refractivity contribution in [2.45, 2.75) is 6.92 Å². The van der Waals surface area contributed by atoms with Crippen LogP contribution in [0.25, 0.3) is 0 Å². The van der Waals surface area contributed by atoms with Gasteiger partial charge in [-0.25, -0.2) is 18.2 Å². The molecule has 0 bridgehead atoms. The molecule has 0 atom stereocenters. The highest BCUT2D eigenvalue weighted by Crippen LogP contribution is 2.24. The van der Waals surface area contributed by atoms with Crippen LogP contribution in [0.2, 0.25) is 0 Å². The Morgan fingerprint density at radius 3 is 2.41 bits per heavy atom. The van der Waals surface area contributed by atoms with Crippen LogP contribution in [0, 0.1) is 24.4 Å². The fourth-order valence-electron chi connectivity index (χ4n) is 3.32. The minimum Gasteiger partial charge on any atom is -0.368 e. The zero-order valence-corrected chi connectivity index (χ0v) is 15.9. The van der Waals surface area contributed by atoms with E-state index in [1.165, 1.54) is 11.3 Å². The molecule has 8 heteroatoms. The van der Waals surface area contributed by atoms with E-state index in [0.717, 1.165) is 38.3 Å². The largest absolute Gasteiger partial charge is 0.368 e. The Hall–Kier alpha value is -3.29. The minimum absolute atomic E-state index is 0.183. The molecule has 1 fully saturated rings. The number of nitrogens with zero attached hydrogens (tertiary/aromatic N) is 4. The molecule has 2 heterocycles. The van der Waals surface area contributed by atoms with Gasteiger partial charge in [0.1, 0.15) is 5.82 Å². The molecule has 4 rings (SSSR count). The normalized spacial score (nSPS) is 14.2. The van der Waals surface area contributed by atoms with Crippen LogP contribution in [-0.2, 0) is 0 Å². The molecule has 1 N–H and O–H groups in total. The van der Waals surface area contributed by atoms with E-state index in [1.807, 2.05) is 11.0 Å². The van der Waals surface area contributed by atoms with E-state index in [1.54, 1.807) is 12.3 Å². The van der Waals surface area contributed by atoms with Gasteiger partial charge in [-0.3, -0.25) is 0 Å². The summed E-state index contributed by atoms with van der Waals surface area (Å²) in [6.45, 7) is 5.18. The number of piperazine rings is 1. The molecular formula is C21H20F3N5. The maximum atomic E-state index is 13.9. The van der Waals surface area contributed by atoms with E-state index in [2.05, 4.69) is 45.3 Å². The third-order valence-corrected chi connectivity index (χ3v) is 4.87. The Balaban J connectivity index is 1.45. The molecule has 0 saturated carbocycles. The molecule has 5 nitrogen and oxygen atoms in total. The van der Waals surface area contributed by atoms with E-state index < -0.39 is 17.5 Å². The predicted molar refractivity (Wildman–Crippen MR) is 107 cm³/mol. The van der Waals surface area contributed by atoms with E-state index in [0.29, 0.717) is 11.8 Å². The highest BCUT2D eigenvalue weighted by molar-refractivity contribution is 5.58. The van der Waals surface area contributed by atoms with Crippen molar-refractivity contribution in [1.29, 1.82) is 0 Å². The molecule has 0 unspecified atom stereocenters. The summed E-state index contributed by atoms with van der Waals surface area (Å²) in [6.07, 6.45) is 1.55. The van der Waals surface area contributed by atoms with E-state index in [4.69, 9.17) is 0 Å². The zero-order chi connectivity index (χ0) is 20.4. The van der Waals surface area contributed by atoms with Crippen LogP contribution in [-0.4, -0.2) is 36.1 Å². The minimum atomic E-state index is -1.52. The van der Waals surface area contributed by atoms with Gasteiger partial charge in [0.05, 0.1) is 5.69 Å². The summed E-state index contributed by atoms with van der Waals surface area (Å²) < 4.78 is 40.4. The number of aryl methyl sites for hydroxylation is 1. The van der Waals surface area contributed by atoms with Gasteiger partial charge < -0.3 is 15.1 Å². The lowest BCUT2D eigenvalue weighted by Crippen LogP contribution is -2.47. The molecule has 1 aliphatic heterocycles. The van der Waals surface area contributed by atoms with Crippen LogP contribution in [0.5, 0.6) is 0 Å². The van der Waals surface area contributed by atoms with Gasteiger partial charge in [0.25, 0.3) is 0 Å². The Bertz CT molecular complexity index is 1020. The van der Waals surface area contributed by atoms with Crippen molar-refractivity contribution in [3.8, 4) is 0 Å². The smallest absolute Gasteiger partial charge is 0.227 e. The van der Waals surface area contributed by atoms with Crippen molar-refractivity contribution in [1.82, 2.24) is 9.97 Å². The summed E-state index contributed by atoms with van der Waals surface area (Å²) in [5, 5.41) is 2.69. The Kier molecular flexibility index (Phi) is 5.24. The number of rotatable bonds is 4. The SMILES string of the molecule is Cc1cccc(N2CCN(c3nccc(Nc4ccc(F)c(F)c4F)n3)CC2)c1. The van der Waals surface area contributed by atoms with Crippen molar-refractivity contribution in [2.75, 3.05) is 41.3 Å². The number of benzene rings is 2. The van der Waals surface area contributed by atoms with Crippen LogP contribution in [0.15, 0.2) is 48.7 Å². The predicted octanol–water partition coefficient (Wildman–Crippen LogP) is 4.27. The molecular weight excluding hydrogens is 379 g/mol. The Morgan fingerprint density at radius 2 is 1.66 bits per heavy atom. The van der Waals surface area contributed by atoms with Gasteiger partial charge >= 0.3 is 0 Å². The summed E-state index contributed by atoms with van der Waals surface area (Å²) >= 11 is 0. The topological polar surface area (TPSA) is 44.3 Å². The first-order valence-corrected chi connectivity index (χ1v) is 9.31. The monoisotopic (exact) mass is 399 g/mol. The second-order valence-electron chi connectivity index (χ2n) is 6.90. The standard InChI is InChI=1S/C21H20F3N5/c1-14-3-2-4-15(13-14)28-9-11-29(12-10-28)21-25-8-7-18(27-21)26-17-6-5-16(22)19(23)20(17)24/h2-8,13H,9-12H2,1H3,(H,25,26,27). The summed E-state index contributed by atoms with van der Waals surface area (Å²) in [5.41, 5.74) is 2.23. The van der Waals surface area contributed by atoms with Gasteiger partial charge in [0, 0.05) is 38.1 Å². The molecule has 0 aliphatic carbocycles. The molecule has 2 aromatic carbocycles. The number of halogens is 3. The van der Waals surface area contributed by atoms with Crippen LogP contribution in [0.3, 0.4) is 0 Å². The fourth-order valence-corrected chi connectivity index (χ4v) is 3.32. The Labute approximate surface area is 166 Å². The molecule has 3 aromatic rings. The van der Waals surface area contributed by atoms with Gasteiger partial charge in [0.15, 0.2) is 17.5 Å². The molecule has 1 saturated heterocycles. The second kappa shape index (κ2) is 7.98. The van der Waals surface area contributed by atoms with Crippen LogP contribution < -0.4 is 15.1 Å². The average molecular weight is 399 g/mol. The highest BCUT2D eigenvalue weighted by atomic mass is 19.2. The van der Waals surface area contributed by atoms with Crippen molar-refractivity contribution >= 4 is 23.1 Å². The van der Waals surface area contributed by atoms with Gasteiger partial charge in [-0.1, -0.05) is 12.1 Å². The number of nitrogens with one attached hydrogen (secondary N) is 1. The fraction of sp³-hybridized carbons (Fsp3) is 0.238.